The van der Waals surface area contributed by atoms with Crippen LogP contribution in [-0.4, -0.2) is 59.0 Å². The van der Waals surface area contributed by atoms with E-state index in [1.165, 1.54) is 13.1 Å². The standard InChI is InChI=1S/C12H19N5/c1-2-13-11-3-4-14-12(15-11)10-9-16-5-7-17(10)8-6-16/h3-4,10H,2,5-9H2,1H3,(H,13,14,15). The van der Waals surface area contributed by atoms with E-state index in [2.05, 4.69) is 32.0 Å². The fourth-order valence-corrected chi connectivity index (χ4v) is 2.68. The highest BCUT2D eigenvalue weighted by Crippen LogP contribution is 2.26. The largest absolute Gasteiger partial charge is 0.370 e. The SMILES string of the molecule is CCNc1ccnc(C2CN3CCN2CC3)n1. The lowest BCUT2D eigenvalue weighted by atomic mass is 10.1. The van der Waals surface area contributed by atoms with Crippen LogP contribution in [-0.2, 0) is 0 Å². The molecule has 4 rings (SSSR count). The summed E-state index contributed by atoms with van der Waals surface area (Å²) in [7, 11) is 0. The van der Waals surface area contributed by atoms with Crippen molar-refractivity contribution in [3.8, 4) is 0 Å². The third kappa shape index (κ3) is 2.12. The van der Waals surface area contributed by atoms with Crippen LogP contribution < -0.4 is 5.32 Å². The Balaban J connectivity index is 1.81. The Morgan fingerprint density at radius 2 is 2.18 bits per heavy atom. The van der Waals surface area contributed by atoms with E-state index in [4.69, 9.17) is 0 Å². The number of nitrogens with zero attached hydrogens (tertiary/aromatic N) is 4. The van der Waals surface area contributed by atoms with E-state index in [1.807, 2.05) is 12.3 Å². The predicted molar refractivity (Wildman–Crippen MR) is 66.9 cm³/mol. The molecule has 1 aromatic rings. The van der Waals surface area contributed by atoms with Gasteiger partial charge in [-0.2, -0.15) is 0 Å². The molecular weight excluding hydrogens is 214 g/mol. The Labute approximate surface area is 102 Å². The molecule has 1 unspecified atom stereocenters. The molecule has 0 saturated carbocycles. The fourth-order valence-electron chi connectivity index (χ4n) is 2.68. The molecular formula is C12H19N5. The van der Waals surface area contributed by atoms with Gasteiger partial charge in [0, 0.05) is 45.5 Å². The first-order chi connectivity index (χ1) is 8.36. The summed E-state index contributed by atoms with van der Waals surface area (Å²) in [6.45, 7) is 8.76. The van der Waals surface area contributed by atoms with Crippen LogP contribution >= 0.6 is 0 Å². The smallest absolute Gasteiger partial charge is 0.149 e. The Morgan fingerprint density at radius 1 is 1.35 bits per heavy atom. The maximum atomic E-state index is 4.61. The molecule has 0 aliphatic carbocycles. The number of fused-ring (bicyclic) bond motifs is 3. The van der Waals surface area contributed by atoms with Gasteiger partial charge in [-0.25, -0.2) is 9.97 Å². The van der Waals surface area contributed by atoms with E-state index in [0.717, 1.165) is 37.8 Å². The van der Waals surface area contributed by atoms with Gasteiger partial charge in [0.05, 0.1) is 6.04 Å². The van der Waals surface area contributed by atoms with Crippen LogP contribution in [0.1, 0.15) is 18.8 Å². The van der Waals surface area contributed by atoms with E-state index < -0.39 is 0 Å². The molecule has 1 N–H and O–H groups in total. The maximum absolute atomic E-state index is 4.61. The number of aromatic nitrogens is 2. The molecule has 17 heavy (non-hydrogen) atoms. The molecule has 3 fully saturated rings. The molecule has 4 heterocycles. The summed E-state index contributed by atoms with van der Waals surface area (Å²) in [6, 6.07) is 2.32. The molecule has 0 amide bonds. The third-order valence-corrected chi connectivity index (χ3v) is 3.61. The first-order valence-electron chi connectivity index (χ1n) is 6.40. The number of nitrogens with one attached hydrogen (secondary N) is 1. The van der Waals surface area contributed by atoms with E-state index in [0.29, 0.717) is 6.04 Å². The summed E-state index contributed by atoms with van der Waals surface area (Å²) in [5.74, 6) is 1.91. The van der Waals surface area contributed by atoms with Crippen molar-refractivity contribution in [1.29, 1.82) is 0 Å². The van der Waals surface area contributed by atoms with Gasteiger partial charge in [-0.15, -0.1) is 0 Å². The quantitative estimate of drug-likeness (QED) is 0.827. The van der Waals surface area contributed by atoms with Crippen LogP contribution in [0.3, 0.4) is 0 Å². The molecule has 3 aliphatic rings. The lowest BCUT2D eigenvalue weighted by Crippen LogP contribution is -2.57. The van der Waals surface area contributed by atoms with Crippen LogP contribution in [0, 0.1) is 0 Å². The van der Waals surface area contributed by atoms with Gasteiger partial charge in [-0.3, -0.25) is 9.80 Å². The summed E-state index contributed by atoms with van der Waals surface area (Å²) < 4.78 is 0. The van der Waals surface area contributed by atoms with Crippen molar-refractivity contribution < 1.29 is 0 Å². The van der Waals surface area contributed by atoms with Gasteiger partial charge in [-0.1, -0.05) is 0 Å². The van der Waals surface area contributed by atoms with Crippen molar-refractivity contribution in [3.05, 3.63) is 18.1 Å². The number of anilines is 1. The fraction of sp³-hybridized carbons (Fsp3) is 0.667. The average Bonchev–Trinajstić information content (AvgIpc) is 2.41. The molecule has 5 heteroatoms. The maximum Gasteiger partial charge on any atom is 0.149 e. The number of hydrogen-bond acceptors (Lipinski definition) is 5. The molecule has 92 valence electrons. The summed E-state index contributed by atoms with van der Waals surface area (Å²) in [5, 5.41) is 3.25. The van der Waals surface area contributed by atoms with E-state index in [-0.39, 0.29) is 0 Å². The zero-order chi connectivity index (χ0) is 11.7. The summed E-state index contributed by atoms with van der Waals surface area (Å²) in [5.41, 5.74) is 0. The molecule has 3 saturated heterocycles. The van der Waals surface area contributed by atoms with E-state index >= 15 is 0 Å². The lowest BCUT2D eigenvalue weighted by molar-refractivity contribution is 0.00870. The number of piperazine rings is 3. The molecule has 3 aliphatic heterocycles. The van der Waals surface area contributed by atoms with Crippen molar-refractivity contribution in [2.24, 2.45) is 0 Å². The molecule has 0 aromatic carbocycles. The Bertz CT molecular complexity index is 386. The first kappa shape index (κ1) is 10.9. The highest BCUT2D eigenvalue weighted by molar-refractivity contribution is 5.33. The number of rotatable bonds is 3. The molecule has 0 spiro atoms. The summed E-state index contributed by atoms with van der Waals surface area (Å²) >= 11 is 0. The average molecular weight is 233 g/mol. The minimum Gasteiger partial charge on any atom is -0.370 e. The van der Waals surface area contributed by atoms with Crippen LogP contribution in [0.15, 0.2) is 12.3 Å². The Kier molecular flexibility index (Phi) is 2.94. The van der Waals surface area contributed by atoms with Gasteiger partial charge in [0.2, 0.25) is 0 Å². The van der Waals surface area contributed by atoms with Crippen LogP contribution in [0.5, 0.6) is 0 Å². The van der Waals surface area contributed by atoms with Gasteiger partial charge >= 0.3 is 0 Å². The molecule has 1 aromatic heterocycles. The molecule has 0 radical (unpaired) electrons. The normalized spacial score (nSPS) is 31.5. The van der Waals surface area contributed by atoms with Gasteiger partial charge in [0.15, 0.2) is 0 Å². The second-order valence-electron chi connectivity index (χ2n) is 4.68. The molecule has 5 nitrogen and oxygen atoms in total. The van der Waals surface area contributed by atoms with Gasteiger partial charge in [0.1, 0.15) is 11.6 Å². The van der Waals surface area contributed by atoms with Crippen molar-refractivity contribution in [1.82, 2.24) is 19.8 Å². The van der Waals surface area contributed by atoms with Crippen molar-refractivity contribution in [3.63, 3.8) is 0 Å². The highest BCUT2D eigenvalue weighted by Gasteiger charge is 2.34. The Morgan fingerprint density at radius 3 is 2.82 bits per heavy atom. The number of hydrogen-bond donors (Lipinski definition) is 1. The summed E-state index contributed by atoms with van der Waals surface area (Å²) in [6.07, 6.45) is 1.86. The van der Waals surface area contributed by atoms with E-state index in [9.17, 15) is 0 Å². The van der Waals surface area contributed by atoms with Crippen LogP contribution in [0.4, 0.5) is 5.82 Å². The minimum atomic E-state index is 0.385. The molecule has 2 bridgehead atoms. The monoisotopic (exact) mass is 233 g/mol. The van der Waals surface area contributed by atoms with E-state index in [1.54, 1.807) is 0 Å². The van der Waals surface area contributed by atoms with Crippen molar-refractivity contribution in [2.45, 2.75) is 13.0 Å². The van der Waals surface area contributed by atoms with Crippen molar-refractivity contribution in [2.75, 3.05) is 44.6 Å². The van der Waals surface area contributed by atoms with Crippen LogP contribution in [0.2, 0.25) is 0 Å². The lowest BCUT2D eigenvalue weighted by Gasteiger charge is -2.46. The molecule has 1 atom stereocenters. The zero-order valence-electron chi connectivity index (χ0n) is 10.3. The second-order valence-corrected chi connectivity index (χ2v) is 4.68. The topological polar surface area (TPSA) is 44.3 Å². The zero-order valence-corrected chi connectivity index (χ0v) is 10.3. The summed E-state index contributed by atoms with van der Waals surface area (Å²) in [4.78, 5) is 14.1. The second kappa shape index (κ2) is 4.58. The van der Waals surface area contributed by atoms with Gasteiger partial charge in [0.25, 0.3) is 0 Å². The Hall–Kier alpha value is -1.20. The van der Waals surface area contributed by atoms with Crippen LogP contribution in [0.25, 0.3) is 0 Å². The third-order valence-electron chi connectivity index (χ3n) is 3.61. The van der Waals surface area contributed by atoms with Gasteiger partial charge < -0.3 is 5.32 Å². The first-order valence-corrected chi connectivity index (χ1v) is 6.40. The highest BCUT2D eigenvalue weighted by atomic mass is 15.4. The predicted octanol–water partition coefficient (Wildman–Crippen LogP) is 0.581. The van der Waals surface area contributed by atoms with Crippen molar-refractivity contribution >= 4 is 5.82 Å². The minimum absolute atomic E-state index is 0.385. The van der Waals surface area contributed by atoms with Gasteiger partial charge in [-0.05, 0) is 13.0 Å².